The summed E-state index contributed by atoms with van der Waals surface area (Å²) >= 11 is -5.27. The molecule has 3 nitrogen and oxygen atoms in total. The number of halogens is 11. The Morgan fingerprint density at radius 2 is 1.44 bits per heavy atom. The van der Waals surface area contributed by atoms with E-state index in [1.54, 1.807) is 0 Å². The van der Waals surface area contributed by atoms with Crippen LogP contribution in [0.3, 0.4) is 0 Å². The zero-order valence-electron chi connectivity index (χ0n) is 11.9. The monoisotopic (exact) mass is 526 g/mol. The van der Waals surface area contributed by atoms with Crippen LogP contribution in [-0.4, -0.2) is 39.8 Å². The Hall–Kier alpha value is -0.320. The molecule has 0 radical (unpaired) electrons. The molecule has 0 saturated heterocycles. The fourth-order valence-electron chi connectivity index (χ4n) is 1.56. The van der Waals surface area contributed by atoms with Crippen molar-refractivity contribution in [2.75, 3.05) is 4.43 Å². The summed E-state index contributed by atoms with van der Waals surface area (Å²) in [6.07, 6.45) is -2.07. The molecular formula is C10H9F10IO3S. The van der Waals surface area contributed by atoms with Crippen molar-refractivity contribution in [1.82, 2.24) is 0 Å². The first-order chi connectivity index (χ1) is 10.9. The van der Waals surface area contributed by atoms with Gasteiger partial charge in [-0.15, -0.1) is 0 Å². The number of allylic oxidation sites excluding steroid dienone is 2. The number of hydrogen-bond donors (Lipinski definition) is 0. The Labute approximate surface area is 142 Å². The van der Waals surface area contributed by atoms with Crippen LogP contribution in [-0.2, 0) is 12.6 Å². The summed E-state index contributed by atoms with van der Waals surface area (Å²) in [5.41, 5.74) is -6.13. The standard InChI is InChI=1S/C10H9F10IO3S/c1-2-5-21(24-25(22,23)10(18,19)20)7(13)4-3-6(11,12)8(14,15)9(7,16)17/h3-4H,2,5H2,1H3. The molecule has 1 aliphatic rings. The van der Waals surface area contributed by atoms with Gasteiger partial charge in [-0.3, -0.25) is 0 Å². The fraction of sp³-hybridized carbons (Fsp3) is 0.800. The maximum atomic E-state index is 14.6. The zero-order valence-corrected chi connectivity index (χ0v) is 14.8. The van der Waals surface area contributed by atoms with E-state index in [0.717, 1.165) is 6.92 Å². The van der Waals surface area contributed by atoms with Crippen molar-refractivity contribution in [3.8, 4) is 0 Å². The van der Waals surface area contributed by atoms with Crippen LogP contribution in [0.5, 0.6) is 0 Å². The molecule has 0 N–H and O–H groups in total. The molecule has 15 heteroatoms. The molecule has 0 heterocycles. The fourth-order valence-corrected chi connectivity index (χ4v) is 9.08. The third-order valence-corrected chi connectivity index (χ3v) is 11.3. The maximum absolute atomic E-state index is 14.6. The molecule has 0 aliphatic heterocycles. The molecule has 25 heavy (non-hydrogen) atoms. The molecule has 0 aromatic rings. The first-order valence-electron chi connectivity index (χ1n) is 6.07. The molecule has 0 fully saturated rings. The molecule has 1 aliphatic carbocycles. The Morgan fingerprint density at radius 1 is 0.960 bits per heavy atom. The van der Waals surface area contributed by atoms with Crippen molar-refractivity contribution in [3.63, 3.8) is 0 Å². The Bertz CT molecular complexity index is 644. The van der Waals surface area contributed by atoms with E-state index in [0.29, 0.717) is 0 Å². The molecular weight excluding hydrogens is 517 g/mol. The van der Waals surface area contributed by atoms with Crippen LogP contribution in [0, 0.1) is 0 Å². The van der Waals surface area contributed by atoms with Gasteiger partial charge in [0.25, 0.3) is 0 Å². The van der Waals surface area contributed by atoms with Gasteiger partial charge in [-0.25, -0.2) is 0 Å². The van der Waals surface area contributed by atoms with Crippen LogP contribution in [0.15, 0.2) is 12.2 Å². The van der Waals surface area contributed by atoms with E-state index in [1.807, 2.05) is 0 Å². The van der Waals surface area contributed by atoms with Gasteiger partial charge in [0.05, 0.1) is 0 Å². The van der Waals surface area contributed by atoms with Gasteiger partial charge < -0.3 is 0 Å². The second-order valence-corrected chi connectivity index (χ2v) is 11.8. The van der Waals surface area contributed by atoms with Gasteiger partial charge in [-0.1, -0.05) is 0 Å². The van der Waals surface area contributed by atoms with E-state index < -0.39 is 80.3 Å². The molecule has 0 saturated carbocycles. The number of rotatable bonds is 5. The van der Waals surface area contributed by atoms with E-state index in [4.69, 9.17) is 0 Å². The SMILES string of the molecule is CCCI(OS(=O)(=O)C(F)(F)F)C1(F)C=CC(F)(F)C(F)(F)C1(F)F. The average Bonchev–Trinajstić information content (AvgIpc) is 2.41. The van der Waals surface area contributed by atoms with E-state index in [9.17, 15) is 52.3 Å². The third kappa shape index (κ3) is 3.46. The van der Waals surface area contributed by atoms with E-state index in [1.165, 1.54) is 0 Å². The second-order valence-electron chi connectivity index (χ2n) is 4.70. The van der Waals surface area contributed by atoms with Crippen LogP contribution in [0.1, 0.15) is 13.3 Å². The van der Waals surface area contributed by atoms with Gasteiger partial charge in [0.2, 0.25) is 0 Å². The predicted molar refractivity (Wildman–Crippen MR) is 73.1 cm³/mol. The normalized spacial score (nSPS) is 28.7. The first-order valence-corrected chi connectivity index (χ1v) is 11.0. The Balaban J connectivity index is 3.50. The summed E-state index contributed by atoms with van der Waals surface area (Å²) in [5, 5.41) is 0. The van der Waals surface area contributed by atoms with E-state index >= 15 is 0 Å². The Kier molecular flexibility index (Phi) is 5.80. The third-order valence-electron chi connectivity index (χ3n) is 2.84. The summed E-state index contributed by atoms with van der Waals surface area (Å²) in [5.74, 6) is -18.0. The molecule has 1 rings (SSSR count). The van der Waals surface area contributed by atoms with Crippen molar-refractivity contribution in [2.24, 2.45) is 0 Å². The minimum atomic E-state index is -6.59. The van der Waals surface area contributed by atoms with Crippen molar-refractivity contribution in [2.45, 2.75) is 40.3 Å². The minimum absolute atomic E-state index is 0.421. The summed E-state index contributed by atoms with van der Waals surface area (Å²) in [6.45, 7) is 1.09. The quantitative estimate of drug-likeness (QED) is 0.170. The van der Waals surface area contributed by atoms with Crippen molar-refractivity contribution in [3.05, 3.63) is 12.2 Å². The molecule has 0 amide bonds. The van der Waals surface area contributed by atoms with E-state index in [2.05, 4.69) is 2.51 Å². The molecule has 1 unspecified atom stereocenters. The van der Waals surface area contributed by atoms with Crippen LogP contribution in [0.2, 0.25) is 0 Å². The predicted octanol–water partition coefficient (Wildman–Crippen LogP) is 4.83. The summed E-state index contributed by atoms with van der Waals surface area (Å²) < 4.78 is 151. The molecule has 1 atom stereocenters. The topological polar surface area (TPSA) is 43.4 Å². The van der Waals surface area contributed by atoms with Gasteiger partial charge in [0.1, 0.15) is 0 Å². The summed E-state index contributed by atoms with van der Waals surface area (Å²) in [6, 6.07) is 0. The van der Waals surface area contributed by atoms with Gasteiger partial charge in [-0.05, 0) is 0 Å². The molecule has 150 valence electrons. The van der Waals surface area contributed by atoms with E-state index in [-0.39, 0.29) is 0 Å². The Morgan fingerprint density at radius 3 is 1.84 bits per heavy atom. The van der Waals surface area contributed by atoms with Crippen LogP contribution >= 0.6 is 20.2 Å². The van der Waals surface area contributed by atoms with Crippen LogP contribution in [0.25, 0.3) is 0 Å². The zero-order chi connectivity index (χ0) is 20.1. The van der Waals surface area contributed by atoms with Crippen molar-refractivity contribution in [1.29, 1.82) is 0 Å². The molecule has 0 bridgehead atoms. The second kappa shape index (κ2) is 6.38. The average molecular weight is 526 g/mol. The van der Waals surface area contributed by atoms with Crippen LogP contribution < -0.4 is 0 Å². The van der Waals surface area contributed by atoms with Gasteiger partial charge in [0.15, 0.2) is 0 Å². The van der Waals surface area contributed by atoms with Gasteiger partial charge in [-0.2, -0.15) is 0 Å². The van der Waals surface area contributed by atoms with Crippen molar-refractivity contribution >= 4 is 30.4 Å². The van der Waals surface area contributed by atoms with Gasteiger partial charge in [0, 0.05) is 0 Å². The summed E-state index contributed by atoms with van der Waals surface area (Å²) in [4.78, 5) is 0. The van der Waals surface area contributed by atoms with Gasteiger partial charge >= 0.3 is 142 Å². The van der Waals surface area contributed by atoms with Crippen molar-refractivity contribution < 1.29 is 54.8 Å². The molecule has 0 spiro atoms. The molecule has 0 aromatic carbocycles. The number of alkyl halides is 12. The number of hydrogen-bond acceptors (Lipinski definition) is 3. The molecule has 0 aromatic heterocycles. The first kappa shape index (κ1) is 22.7. The van der Waals surface area contributed by atoms with Crippen LogP contribution in [0.4, 0.5) is 43.9 Å². The summed E-state index contributed by atoms with van der Waals surface area (Å²) in [7, 11) is -6.59.